The summed E-state index contributed by atoms with van der Waals surface area (Å²) in [5.41, 5.74) is 1.88. The van der Waals surface area contributed by atoms with E-state index >= 15 is 0 Å². The zero-order valence-corrected chi connectivity index (χ0v) is 12.2. The molecular formula is C13H15BrN4O. The van der Waals surface area contributed by atoms with Crippen LogP contribution in [0.3, 0.4) is 0 Å². The fraction of sp³-hybridized carbons (Fsp3) is 0.308. The molecule has 0 spiro atoms. The fourth-order valence-corrected chi connectivity index (χ4v) is 2.22. The zero-order chi connectivity index (χ0) is 13.7. The number of hydrogen-bond donors (Lipinski definition) is 2. The van der Waals surface area contributed by atoms with Crippen molar-refractivity contribution in [3.63, 3.8) is 0 Å². The smallest absolute Gasteiger partial charge is 0.225 e. The molecule has 0 aliphatic rings. The number of amides is 1. The van der Waals surface area contributed by atoms with Crippen LogP contribution >= 0.6 is 15.9 Å². The number of nitrogens with one attached hydrogen (secondary N) is 2. The summed E-state index contributed by atoms with van der Waals surface area (Å²) >= 11 is 3.42. The van der Waals surface area contributed by atoms with Crippen molar-refractivity contribution in [2.24, 2.45) is 0 Å². The van der Waals surface area contributed by atoms with Crippen molar-refractivity contribution in [2.75, 3.05) is 5.32 Å². The third-order valence-electron chi connectivity index (χ3n) is 2.72. The maximum Gasteiger partial charge on any atom is 0.225 e. The lowest BCUT2D eigenvalue weighted by Gasteiger charge is -2.02. The van der Waals surface area contributed by atoms with Crippen LogP contribution in [-0.4, -0.2) is 21.1 Å². The number of hydrogen-bond acceptors (Lipinski definition) is 3. The summed E-state index contributed by atoms with van der Waals surface area (Å²) in [6, 6.07) is 5.68. The van der Waals surface area contributed by atoms with Gasteiger partial charge in [-0.2, -0.15) is 5.10 Å². The third-order valence-corrected chi connectivity index (χ3v) is 3.58. The van der Waals surface area contributed by atoms with Gasteiger partial charge in [-0.25, -0.2) is 0 Å². The second-order valence-electron chi connectivity index (χ2n) is 4.09. The second-order valence-corrected chi connectivity index (χ2v) is 4.88. The van der Waals surface area contributed by atoms with Gasteiger partial charge in [-0.15, -0.1) is 0 Å². The molecule has 2 aromatic rings. The number of aromatic nitrogens is 3. The average Bonchev–Trinajstić information content (AvgIpc) is 2.78. The molecule has 0 bridgehead atoms. The van der Waals surface area contributed by atoms with E-state index in [2.05, 4.69) is 36.4 Å². The summed E-state index contributed by atoms with van der Waals surface area (Å²) in [5.74, 6) is 0.475. The fourth-order valence-electron chi connectivity index (χ4n) is 1.66. The highest BCUT2D eigenvalue weighted by Gasteiger charge is 2.12. The minimum atomic E-state index is -0.0690. The number of carbonyl (C=O) groups excluding carboxylic acids is 1. The van der Waals surface area contributed by atoms with Crippen LogP contribution in [0, 0.1) is 0 Å². The molecule has 0 saturated heterocycles. The van der Waals surface area contributed by atoms with E-state index < -0.39 is 0 Å². The first-order valence-electron chi connectivity index (χ1n) is 6.13. The van der Waals surface area contributed by atoms with E-state index in [9.17, 15) is 4.79 Å². The monoisotopic (exact) mass is 322 g/mol. The minimum absolute atomic E-state index is 0.0690. The lowest BCUT2D eigenvalue weighted by molar-refractivity contribution is -0.116. The van der Waals surface area contributed by atoms with E-state index in [0.717, 1.165) is 22.3 Å². The molecule has 0 fully saturated rings. The van der Waals surface area contributed by atoms with Crippen molar-refractivity contribution in [2.45, 2.75) is 26.2 Å². The number of nitrogens with zero attached hydrogens (tertiary/aromatic N) is 2. The summed E-state index contributed by atoms with van der Waals surface area (Å²) < 4.78 is 0.821. The molecule has 0 aliphatic carbocycles. The molecule has 0 aliphatic heterocycles. The summed E-state index contributed by atoms with van der Waals surface area (Å²) in [4.78, 5) is 16.0. The van der Waals surface area contributed by atoms with Crippen molar-refractivity contribution in [1.82, 2.24) is 15.2 Å². The minimum Gasteiger partial charge on any atom is -0.308 e. The molecule has 0 unspecified atom stereocenters. The number of rotatable bonds is 5. The number of carbonyl (C=O) groups is 1. The van der Waals surface area contributed by atoms with Crippen molar-refractivity contribution in [3.8, 4) is 0 Å². The van der Waals surface area contributed by atoms with Gasteiger partial charge in [-0.1, -0.05) is 13.0 Å². The normalized spacial score (nSPS) is 10.4. The molecule has 0 atom stereocenters. The predicted molar refractivity (Wildman–Crippen MR) is 76.9 cm³/mol. The molecule has 19 heavy (non-hydrogen) atoms. The number of halogens is 1. The number of aryl methyl sites for hydroxylation is 2. The van der Waals surface area contributed by atoms with Crippen LogP contribution in [0.15, 0.2) is 28.9 Å². The van der Waals surface area contributed by atoms with Crippen molar-refractivity contribution < 1.29 is 4.79 Å². The highest BCUT2D eigenvalue weighted by Crippen LogP contribution is 2.24. The van der Waals surface area contributed by atoms with E-state index in [1.54, 1.807) is 6.20 Å². The van der Waals surface area contributed by atoms with Gasteiger partial charge in [-0.3, -0.25) is 14.9 Å². The van der Waals surface area contributed by atoms with Crippen LogP contribution in [0.4, 0.5) is 5.82 Å². The number of H-pyrrole nitrogens is 1. The van der Waals surface area contributed by atoms with E-state index in [4.69, 9.17) is 0 Å². The van der Waals surface area contributed by atoms with Gasteiger partial charge in [0.05, 0.1) is 10.2 Å². The molecule has 2 N–H and O–H groups in total. The molecular weight excluding hydrogens is 308 g/mol. The largest absolute Gasteiger partial charge is 0.308 e. The maximum atomic E-state index is 11.8. The summed E-state index contributed by atoms with van der Waals surface area (Å²) in [6.07, 6.45) is 3.57. The Morgan fingerprint density at radius 3 is 2.95 bits per heavy atom. The Morgan fingerprint density at radius 2 is 2.32 bits per heavy atom. The van der Waals surface area contributed by atoms with Crippen LogP contribution in [0.1, 0.15) is 24.7 Å². The van der Waals surface area contributed by atoms with Gasteiger partial charge < -0.3 is 5.32 Å². The molecule has 100 valence electrons. The topological polar surface area (TPSA) is 70.7 Å². The number of pyridine rings is 1. The number of anilines is 1. The van der Waals surface area contributed by atoms with Crippen molar-refractivity contribution in [3.05, 3.63) is 40.3 Å². The van der Waals surface area contributed by atoms with Crippen LogP contribution in [0.5, 0.6) is 0 Å². The van der Waals surface area contributed by atoms with Crippen LogP contribution in [0.2, 0.25) is 0 Å². The van der Waals surface area contributed by atoms with Crippen molar-refractivity contribution in [1.29, 1.82) is 0 Å². The maximum absolute atomic E-state index is 11.8. The molecule has 5 nitrogen and oxygen atoms in total. The second kappa shape index (κ2) is 6.47. The molecule has 0 radical (unpaired) electrons. The highest BCUT2D eigenvalue weighted by molar-refractivity contribution is 9.10. The Balaban J connectivity index is 1.89. The molecule has 2 aromatic heterocycles. The first kappa shape index (κ1) is 13.7. The Hall–Kier alpha value is -1.69. The van der Waals surface area contributed by atoms with Crippen LogP contribution < -0.4 is 5.32 Å². The first-order valence-corrected chi connectivity index (χ1v) is 6.92. The average molecular weight is 323 g/mol. The van der Waals surface area contributed by atoms with Gasteiger partial charge >= 0.3 is 0 Å². The summed E-state index contributed by atoms with van der Waals surface area (Å²) in [5, 5.41) is 9.72. The van der Waals surface area contributed by atoms with Crippen LogP contribution in [0.25, 0.3) is 0 Å². The van der Waals surface area contributed by atoms with Gasteiger partial charge in [0.1, 0.15) is 0 Å². The third kappa shape index (κ3) is 3.64. The molecule has 1 amide bonds. The van der Waals surface area contributed by atoms with E-state index in [1.807, 2.05) is 25.1 Å². The van der Waals surface area contributed by atoms with Gasteiger partial charge in [0.15, 0.2) is 5.82 Å². The van der Waals surface area contributed by atoms with Gasteiger partial charge in [0.25, 0.3) is 0 Å². The Labute approximate surface area is 120 Å². The lowest BCUT2D eigenvalue weighted by atomic mass is 10.2. The standard InChI is InChI=1S/C13H15BrN4O/c1-2-10-12(14)13(18-17-10)16-11(19)7-6-9-5-3-4-8-15-9/h3-5,8H,2,6-7H2,1H3,(H2,16,17,18,19). The lowest BCUT2D eigenvalue weighted by Crippen LogP contribution is -2.13. The first-order chi connectivity index (χ1) is 9.20. The van der Waals surface area contributed by atoms with Gasteiger partial charge in [-0.05, 0) is 40.9 Å². The molecule has 6 heteroatoms. The van der Waals surface area contributed by atoms with E-state index in [0.29, 0.717) is 18.7 Å². The summed E-state index contributed by atoms with van der Waals surface area (Å²) in [6.45, 7) is 2.02. The van der Waals surface area contributed by atoms with E-state index in [-0.39, 0.29) is 5.91 Å². The van der Waals surface area contributed by atoms with Crippen LogP contribution in [-0.2, 0) is 17.6 Å². The Morgan fingerprint density at radius 1 is 1.47 bits per heavy atom. The molecule has 2 heterocycles. The Bertz CT molecular complexity index is 553. The van der Waals surface area contributed by atoms with Gasteiger partial charge in [0.2, 0.25) is 5.91 Å². The predicted octanol–water partition coefficient (Wildman–Crippen LogP) is 2.70. The Kier molecular flexibility index (Phi) is 4.68. The van der Waals surface area contributed by atoms with Crippen molar-refractivity contribution >= 4 is 27.7 Å². The molecule has 0 saturated carbocycles. The molecule has 2 rings (SSSR count). The van der Waals surface area contributed by atoms with Gasteiger partial charge in [0, 0.05) is 18.3 Å². The number of aromatic amines is 1. The van der Waals surface area contributed by atoms with E-state index in [1.165, 1.54) is 0 Å². The molecule has 0 aromatic carbocycles. The summed E-state index contributed by atoms with van der Waals surface area (Å²) in [7, 11) is 0. The highest BCUT2D eigenvalue weighted by atomic mass is 79.9. The SMILES string of the molecule is CCc1[nH]nc(NC(=O)CCc2ccccn2)c1Br. The zero-order valence-electron chi connectivity index (χ0n) is 10.6. The quantitative estimate of drug-likeness (QED) is 0.889.